The predicted octanol–water partition coefficient (Wildman–Crippen LogP) is 3.07. The van der Waals surface area contributed by atoms with E-state index in [2.05, 4.69) is 29.5 Å². The summed E-state index contributed by atoms with van der Waals surface area (Å²) >= 11 is 0. The number of hydrogen-bond donors (Lipinski definition) is 2. The molecule has 1 amide bonds. The summed E-state index contributed by atoms with van der Waals surface area (Å²) in [4.78, 5) is 16.6. The Morgan fingerprint density at radius 1 is 1.35 bits per heavy atom. The van der Waals surface area contributed by atoms with Gasteiger partial charge in [-0.15, -0.1) is 0 Å². The van der Waals surface area contributed by atoms with E-state index in [0.717, 1.165) is 25.3 Å². The minimum atomic E-state index is -0.0131. The molecule has 0 spiro atoms. The number of rotatable bonds is 4. The molecule has 1 heterocycles. The van der Waals surface area contributed by atoms with Gasteiger partial charge < -0.3 is 10.6 Å². The first kappa shape index (κ1) is 14.8. The van der Waals surface area contributed by atoms with Crippen LogP contribution in [-0.4, -0.2) is 23.5 Å². The van der Waals surface area contributed by atoms with Crippen molar-refractivity contribution in [1.29, 1.82) is 0 Å². The Morgan fingerprint density at radius 2 is 2.15 bits per heavy atom. The summed E-state index contributed by atoms with van der Waals surface area (Å²) in [5.41, 5.74) is 0.639. The van der Waals surface area contributed by atoms with Crippen molar-refractivity contribution in [2.24, 2.45) is 11.8 Å². The van der Waals surface area contributed by atoms with E-state index >= 15 is 0 Å². The first-order valence-corrected chi connectivity index (χ1v) is 7.61. The van der Waals surface area contributed by atoms with E-state index in [1.807, 2.05) is 13.0 Å². The van der Waals surface area contributed by atoms with Crippen molar-refractivity contribution in [2.75, 3.05) is 11.9 Å². The summed E-state index contributed by atoms with van der Waals surface area (Å²) in [5, 5.41) is 6.30. The van der Waals surface area contributed by atoms with E-state index in [-0.39, 0.29) is 5.91 Å². The molecule has 0 saturated heterocycles. The normalized spacial score (nSPS) is 26.1. The fraction of sp³-hybridized carbons (Fsp3) is 0.625. The Morgan fingerprint density at radius 3 is 2.85 bits per heavy atom. The SMILES string of the molecule is CCNc1ncccc1C(=O)NC1CCC(C)C(C)C1. The molecule has 0 aliphatic heterocycles. The largest absolute Gasteiger partial charge is 0.370 e. The molecule has 4 heteroatoms. The summed E-state index contributed by atoms with van der Waals surface area (Å²) in [7, 11) is 0. The van der Waals surface area contributed by atoms with Crippen molar-refractivity contribution in [2.45, 2.75) is 46.1 Å². The lowest BCUT2D eigenvalue weighted by Crippen LogP contribution is -2.40. The molecular weight excluding hydrogens is 250 g/mol. The number of nitrogens with one attached hydrogen (secondary N) is 2. The smallest absolute Gasteiger partial charge is 0.255 e. The Hall–Kier alpha value is -1.58. The zero-order chi connectivity index (χ0) is 14.5. The van der Waals surface area contributed by atoms with Crippen LogP contribution in [0.15, 0.2) is 18.3 Å². The molecule has 2 N–H and O–H groups in total. The molecular formula is C16H25N3O. The Kier molecular flexibility index (Phi) is 4.99. The molecule has 1 fully saturated rings. The first-order chi connectivity index (χ1) is 9.61. The van der Waals surface area contributed by atoms with Gasteiger partial charge in [0.25, 0.3) is 5.91 Å². The van der Waals surface area contributed by atoms with Gasteiger partial charge in [-0.05, 0) is 50.2 Å². The quantitative estimate of drug-likeness (QED) is 0.888. The number of anilines is 1. The lowest BCUT2D eigenvalue weighted by molar-refractivity contribution is 0.0911. The van der Waals surface area contributed by atoms with Crippen molar-refractivity contribution in [3.05, 3.63) is 23.9 Å². The molecule has 1 aliphatic rings. The molecule has 2 rings (SSSR count). The third-order valence-electron chi connectivity index (χ3n) is 4.33. The minimum Gasteiger partial charge on any atom is -0.370 e. The zero-order valence-corrected chi connectivity index (χ0v) is 12.6. The van der Waals surface area contributed by atoms with Gasteiger partial charge in [-0.3, -0.25) is 4.79 Å². The summed E-state index contributed by atoms with van der Waals surface area (Å²) in [6, 6.07) is 3.93. The molecule has 4 nitrogen and oxygen atoms in total. The molecule has 0 radical (unpaired) electrons. The molecule has 1 aliphatic carbocycles. The molecule has 0 aromatic carbocycles. The minimum absolute atomic E-state index is 0.0131. The highest BCUT2D eigenvalue weighted by molar-refractivity contribution is 5.98. The van der Waals surface area contributed by atoms with E-state index < -0.39 is 0 Å². The Labute approximate surface area is 121 Å². The average Bonchev–Trinajstić information content (AvgIpc) is 2.44. The molecule has 3 atom stereocenters. The summed E-state index contributed by atoms with van der Waals surface area (Å²) in [6.45, 7) is 7.33. The van der Waals surface area contributed by atoms with E-state index in [9.17, 15) is 4.79 Å². The molecule has 110 valence electrons. The number of carbonyl (C=O) groups is 1. The molecule has 0 bridgehead atoms. The third-order valence-corrected chi connectivity index (χ3v) is 4.33. The van der Waals surface area contributed by atoms with E-state index in [4.69, 9.17) is 0 Å². The standard InChI is InChI=1S/C16H25N3O/c1-4-17-15-14(6-5-9-18-15)16(20)19-13-8-7-11(2)12(3)10-13/h5-6,9,11-13H,4,7-8,10H2,1-3H3,(H,17,18)(H,19,20). The fourth-order valence-corrected chi connectivity index (χ4v) is 2.84. The highest BCUT2D eigenvalue weighted by Crippen LogP contribution is 2.29. The predicted molar refractivity (Wildman–Crippen MR) is 81.8 cm³/mol. The maximum absolute atomic E-state index is 12.4. The van der Waals surface area contributed by atoms with Gasteiger partial charge in [0.2, 0.25) is 0 Å². The van der Waals surface area contributed by atoms with Crippen molar-refractivity contribution in [1.82, 2.24) is 10.3 Å². The molecule has 20 heavy (non-hydrogen) atoms. The molecule has 1 aromatic heterocycles. The van der Waals surface area contributed by atoms with Crippen LogP contribution in [0.2, 0.25) is 0 Å². The second kappa shape index (κ2) is 6.73. The first-order valence-electron chi connectivity index (χ1n) is 7.61. The number of hydrogen-bond acceptors (Lipinski definition) is 3. The van der Waals surface area contributed by atoms with Gasteiger partial charge in [-0.1, -0.05) is 13.8 Å². The van der Waals surface area contributed by atoms with Crippen molar-refractivity contribution >= 4 is 11.7 Å². The van der Waals surface area contributed by atoms with Crippen LogP contribution < -0.4 is 10.6 Å². The van der Waals surface area contributed by atoms with Crippen LogP contribution in [0.5, 0.6) is 0 Å². The topological polar surface area (TPSA) is 54.0 Å². The van der Waals surface area contributed by atoms with Gasteiger partial charge in [0.15, 0.2) is 0 Å². The van der Waals surface area contributed by atoms with Crippen LogP contribution in [0.3, 0.4) is 0 Å². The lowest BCUT2D eigenvalue weighted by Gasteiger charge is -2.32. The van der Waals surface area contributed by atoms with Crippen LogP contribution >= 0.6 is 0 Å². The van der Waals surface area contributed by atoms with Crippen molar-refractivity contribution < 1.29 is 4.79 Å². The molecule has 1 aromatic rings. The highest BCUT2D eigenvalue weighted by atomic mass is 16.1. The van der Waals surface area contributed by atoms with E-state index in [0.29, 0.717) is 23.3 Å². The number of nitrogens with zero attached hydrogens (tertiary/aromatic N) is 1. The van der Waals surface area contributed by atoms with Crippen LogP contribution in [-0.2, 0) is 0 Å². The maximum atomic E-state index is 12.4. The van der Waals surface area contributed by atoms with Gasteiger partial charge in [0.05, 0.1) is 5.56 Å². The molecule has 1 saturated carbocycles. The zero-order valence-electron chi connectivity index (χ0n) is 12.6. The van der Waals surface area contributed by atoms with Gasteiger partial charge in [-0.2, -0.15) is 0 Å². The number of amides is 1. The van der Waals surface area contributed by atoms with Gasteiger partial charge in [0.1, 0.15) is 5.82 Å². The number of carbonyl (C=O) groups excluding carboxylic acids is 1. The van der Waals surface area contributed by atoms with Crippen LogP contribution in [0.1, 0.15) is 50.4 Å². The van der Waals surface area contributed by atoms with Gasteiger partial charge in [-0.25, -0.2) is 4.98 Å². The summed E-state index contributed by atoms with van der Waals surface area (Å²) in [6.07, 6.45) is 5.05. The highest BCUT2D eigenvalue weighted by Gasteiger charge is 2.26. The average molecular weight is 275 g/mol. The van der Waals surface area contributed by atoms with E-state index in [1.165, 1.54) is 6.42 Å². The lowest BCUT2D eigenvalue weighted by atomic mass is 9.79. The van der Waals surface area contributed by atoms with Crippen LogP contribution in [0, 0.1) is 11.8 Å². The fourth-order valence-electron chi connectivity index (χ4n) is 2.84. The summed E-state index contributed by atoms with van der Waals surface area (Å²) < 4.78 is 0. The van der Waals surface area contributed by atoms with Crippen molar-refractivity contribution in [3.63, 3.8) is 0 Å². The number of aromatic nitrogens is 1. The second-order valence-electron chi connectivity index (χ2n) is 5.87. The van der Waals surface area contributed by atoms with Crippen molar-refractivity contribution in [3.8, 4) is 0 Å². The Bertz CT molecular complexity index is 461. The van der Waals surface area contributed by atoms with Gasteiger partial charge >= 0.3 is 0 Å². The summed E-state index contributed by atoms with van der Waals surface area (Å²) in [5.74, 6) is 2.10. The Balaban J connectivity index is 2.01. The second-order valence-corrected chi connectivity index (χ2v) is 5.87. The monoisotopic (exact) mass is 275 g/mol. The van der Waals surface area contributed by atoms with E-state index in [1.54, 1.807) is 12.3 Å². The van der Waals surface area contributed by atoms with Crippen LogP contribution in [0.25, 0.3) is 0 Å². The van der Waals surface area contributed by atoms with Gasteiger partial charge in [0, 0.05) is 18.8 Å². The molecule has 3 unspecified atom stereocenters. The number of pyridine rings is 1. The third kappa shape index (κ3) is 3.50. The maximum Gasteiger partial charge on any atom is 0.255 e. The van der Waals surface area contributed by atoms with Crippen LogP contribution in [0.4, 0.5) is 5.82 Å².